The minimum Gasteiger partial charge on any atom is -0.372 e. The molecule has 0 aromatic heterocycles. The second kappa shape index (κ2) is 11.5. The third-order valence-electron chi connectivity index (χ3n) is 6.01. The molecule has 2 atom stereocenters. The second-order valence-electron chi connectivity index (χ2n) is 8.43. The number of ether oxygens (including phenoxy) is 2. The van der Waals surface area contributed by atoms with Crippen LogP contribution >= 0.6 is 0 Å². The molecule has 2 N–H and O–H groups in total. The number of nitrogens with one attached hydrogen (secondary N) is 2. The van der Waals surface area contributed by atoms with Gasteiger partial charge in [-0.25, -0.2) is 4.79 Å². The number of terminal acetylenes is 1. The summed E-state index contributed by atoms with van der Waals surface area (Å²) in [5, 5.41) is 5.70. The highest BCUT2D eigenvalue weighted by Gasteiger charge is 2.40. The van der Waals surface area contributed by atoms with E-state index < -0.39 is 12.1 Å². The zero-order valence-corrected chi connectivity index (χ0v) is 19.8. The summed E-state index contributed by atoms with van der Waals surface area (Å²) in [4.78, 5) is 41.5. The number of nitrogens with zero attached hydrogens (tertiary/aromatic N) is 2. The van der Waals surface area contributed by atoms with Crippen LogP contribution in [0.5, 0.6) is 0 Å². The predicted molar refractivity (Wildman–Crippen MR) is 137 cm³/mol. The van der Waals surface area contributed by atoms with Gasteiger partial charge in [0.05, 0.1) is 19.3 Å². The van der Waals surface area contributed by atoms with E-state index in [0.29, 0.717) is 43.1 Å². The number of anilines is 3. The molecule has 4 rings (SSSR count). The summed E-state index contributed by atoms with van der Waals surface area (Å²) in [6.07, 6.45) is 7.07. The Kier molecular flexibility index (Phi) is 8.00. The first-order valence-corrected chi connectivity index (χ1v) is 11.6. The zero-order valence-electron chi connectivity index (χ0n) is 19.8. The molecule has 2 heterocycles. The van der Waals surface area contributed by atoms with Crippen molar-refractivity contribution in [2.45, 2.75) is 18.6 Å². The van der Waals surface area contributed by atoms with Crippen molar-refractivity contribution in [3.8, 4) is 12.3 Å². The third kappa shape index (κ3) is 5.92. The van der Waals surface area contributed by atoms with Gasteiger partial charge in [0, 0.05) is 42.1 Å². The topological polar surface area (TPSA) is 100 Å². The Morgan fingerprint density at radius 2 is 1.83 bits per heavy atom. The van der Waals surface area contributed by atoms with E-state index in [1.807, 2.05) is 0 Å². The molecule has 4 amide bonds. The number of hydrogen-bond donors (Lipinski definition) is 2. The number of hydrogen-bond acceptors (Lipinski definition) is 5. The number of urea groups is 1. The highest BCUT2D eigenvalue weighted by atomic mass is 16.5. The Morgan fingerprint density at radius 1 is 1.14 bits per heavy atom. The molecular weight excluding hydrogens is 460 g/mol. The van der Waals surface area contributed by atoms with E-state index in [1.54, 1.807) is 59.5 Å². The zero-order chi connectivity index (χ0) is 25.5. The molecule has 36 heavy (non-hydrogen) atoms. The molecule has 2 aliphatic heterocycles. The van der Waals surface area contributed by atoms with E-state index in [1.165, 1.54) is 4.90 Å². The lowest BCUT2D eigenvalue weighted by atomic mass is 10.1. The molecule has 0 saturated carbocycles. The van der Waals surface area contributed by atoms with Crippen molar-refractivity contribution >= 4 is 34.9 Å². The fourth-order valence-corrected chi connectivity index (χ4v) is 4.18. The monoisotopic (exact) mass is 488 g/mol. The van der Waals surface area contributed by atoms with Gasteiger partial charge in [0.1, 0.15) is 12.6 Å². The van der Waals surface area contributed by atoms with Gasteiger partial charge < -0.3 is 29.9 Å². The smallest absolute Gasteiger partial charge is 0.322 e. The van der Waals surface area contributed by atoms with Crippen molar-refractivity contribution in [2.75, 3.05) is 48.4 Å². The standard InChI is InChI=1S/C27H28N4O5/c1-3-14-36-23-16-24(31(17-23)27(34)29-21-7-5-19(4-2)6-8-21)26(33)28-20-9-11-22(12-10-20)30-13-15-35-18-25(30)32/h2-3,5-12,23-24H,1,13-18H2,(H,28,33)(H,29,34)/t23-,24-/m1/s1. The quantitative estimate of drug-likeness (QED) is 0.461. The average Bonchev–Trinajstić information content (AvgIpc) is 3.33. The Morgan fingerprint density at radius 3 is 2.50 bits per heavy atom. The van der Waals surface area contributed by atoms with Crippen LogP contribution in [0.25, 0.3) is 0 Å². The molecular formula is C27H28N4O5. The molecule has 186 valence electrons. The normalized spacial score (nSPS) is 19.5. The van der Waals surface area contributed by atoms with Crippen LogP contribution in [0.4, 0.5) is 21.9 Å². The number of rotatable bonds is 7. The van der Waals surface area contributed by atoms with Gasteiger partial charge in [-0.1, -0.05) is 12.0 Å². The van der Waals surface area contributed by atoms with Crippen LogP contribution in [-0.4, -0.2) is 67.8 Å². The van der Waals surface area contributed by atoms with E-state index in [4.69, 9.17) is 15.9 Å². The molecule has 2 fully saturated rings. The van der Waals surface area contributed by atoms with Gasteiger partial charge in [-0.05, 0) is 48.5 Å². The van der Waals surface area contributed by atoms with Gasteiger partial charge in [0.15, 0.2) is 0 Å². The lowest BCUT2D eigenvalue weighted by Gasteiger charge is -2.27. The Hall–Kier alpha value is -4.13. The Balaban J connectivity index is 1.44. The predicted octanol–water partition coefficient (Wildman–Crippen LogP) is 2.85. The van der Waals surface area contributed by atoms with E-state index >= 15 is 0 Å². The maximum atomic E-state index is 13.2. The lowest BCUT2D eigenvalue weighted by Crippen LogP contribution is -2.45. The molecule has 0 aliphatic carbocycles. The van der Waals surface area contributed by atoms with E-state index in [0.717, 1.165) is 5.69 Å². The number of carbonyl (C=O) groups excluding carboxylic acids is 3. The first kappa shape index (κ1) is 25.0. The van der Waals surface area contributed by atoms with Crippen LogP contribution < -0.4 is 15.5 Å². The summed E-state index contributed by atoms with van der Waals surface area (Å²) in [6, 6.07) is 12.8. The van der Waals surface area contributed by atoms with Gasteiger partial charge >= 0.3 is 6.03 Å². The molecule has 2 aliphatic rings. The lowest BCUT2D eigenvalue weighted by molar-refractivity contribution is -0.125. The molecule has 9 nitrogen and oxygen atoms in total. The van der Waals surface area contributed by atoms with E-state index in [9.17, 15) is 14.4 Å². The van der Waals surface area contributed by atoms with E-state index in [-0.39, 0.29) is 31.1 Å². The van der Waals surface area contributed by atoms with Gasteiger partial charge in [-0.2, -0.15) is 0 Å². The molecule has 9 heteroatoms. The number of likely N-dealkylation sites (tertiary alicyclic amines) is 1. The van der Waals surface area contributed by atoms with Crippen molar-refractivity contribution in [3.63, 3.8) is 0 Å². The van der Waals surface area contributed by atoms with Crippen LogP contribution in [0.15, 0.2) is 61.2 Å². The Bertz CT molecular complexity index is 1160. The second-order valence-corrected chi connectivity index (χ2v) is 8.43. The van der Waals surface area contributed by atoms with Crippen LogP contribution in [0, 0.1) is 12.3 Å². The first-order chi connectivity index (χ1) is 17.5. The maximum absolute atomic E-state index is 13.2. The molecule has 0 bridgehead atoms. The van der Waals surface area contributed by atoms with Gasteiger partial charge in [-0.15, -0.1) is 13.0 Å². The van der Waals surface area contributed by atoms with Crippen molar-refractivity contribution < 1.29 is 23.9 Å². The van der Waals surface area contributed by atoms with Crippen molar-refractivity contribution in [2.24, 2.45) is 0 Å². The average molecular weight is 489 g/mol. The largest absolute Gasteiger partial charge is 0.372 e. The summed E-state index contributed by atoms with van der Waals surface area (Å²) in [6.45, 7) is 5.26. The summed E-state index contributed by atoms with van der Waals surface area (Å²) in [7, 11) is 0. The number of benzene rings is 2. The Labute approximate surface area is 210 Å². The van der Waals surface area contributed by atoms with Crippen LogP contribution in [0.2, 0.25) is 0 Å². The summed E-state index contributed by atoms with van der Waals surface area (Å²) in [5.41, 5.74) is 2.57. The van der Waals surface area contributed by atoms with Gasteiger partial charge in [0.25, 0.3) is 5.91 Å². The molecule has 2 aromatic rings. The van der Waals surface area contributed by atoms with Crippen LogP contribution in [0.3, 0.4) is 0 Å². The highest BCUT2D eigenvalue weighted by Crippen LogP contribution is 2.25. The minimum absolute atomic E-state index is 0.0568. The first-order valence-electron chi connectivity index (χ1n) is 11.6. The molecule has 0 unspecified atom stereocenters. The number of amides is 4. The molecule has 2 saturated heterocycles. The molecule has 0 spiro atoms. The highest BCUT2D eigenvalue weighted by molar-refractivity contribution is 6.00. The molecule has 0 radical (unpaired) electrons. The van der Waals surface area contributed by atoms with Gasteiger partial charge in [-0.3, -0.25) is 9.59 Å². The summed E-state index contributed by atoms with van der Waals surface area (Å²) in [5.74, 6) is 2.10. The SMILES string of the molecule is C#Cc1ccc(NC(=O)N2C[C@H](OCC=C)C[C@@H]2C(=O)Nc2ccc(N3CCOCC3=O)cc2)cc1. The van der Waals surface area contributed by atoms with E-state index in [2.05, 4.69) is 23.1 Å². The fourth-order valence-electron chi connectivity index (χ4n) is 4.18. The fraction of sp³-hybridized carbons (Fsp3) is 0.296. The van der Waals surface area contributed by atoms with Crippen LogP contribution in [-0.2, 0) is 19.1 Å². The molecule has 2 aromatic carbocycles. The number of morpholine rings is 1. The summed E-state index contributed by atoms with van der Waals surface area (Å²) < 4.78 is 10.9. The van der Waals surface area contributed by atoms with Crippen molar-refractivity contribution in [1.29, 1.82) is 0 Å². The van der Waals surface area contributed by atoms with Crippen LogP contribution in [0.1, 0.15) is 12.0 Å². The van der Waals surface area contributed by atoms with Crippen molar-refractivity contribution in [3.05, 3.63) is 66.7 Å². The number of carbonyl (C=O) groups is 3. The van der Waals surface area contributed by atoms with Gasteiger partial charge in [0.2, 0.25) is 5.91 Å². The van der Waals surface area contributed by atoms with Crippen molar-refractivity contribution in [1.82, 2.24) is 4.90 Å². The summed E-state index contributed by atoms with van der Waals surface area (Å²) >= 11 is 0. The minimum atomic E-state index is -0.731. The third-order valence-corrected chi connectivity index (χ3v) is 6.01. The maximum Gasteiger partial charge on any atom is 0.322 e.